The average Bonchev–Trinajstić information content (AvgIpc) is 2.83. The van der Waals surface area contributed by atoms with E-state index in [1.165, 1.54) is 11.3 Å². The molecule has 0 fully saturated rings. The first-order valence-electron chi connectivity index (χ1n) is 5.62. The van der Waals surface area contributed by atoms with Crippen molar-refractivity contribution in [3.05, 3.63) is 17.5 Å². The minimum atomic E-state index is 0.583. The van der Waals surface area contributed by atoms with Gasteiger partial charge >= 0.3 is 0 Å². The molecule has 2 rings (SSSR count). The van der Waals surface area contributed by atoms with Gasteiger partial charge in [-0.05, 0) is 12.1 Å². The Labute approximate surface area is 110 Å². The van der Waals surface area contributed by atoms with Crippen LogP contribution in [0.3, 0.4) is 0 Å². The first-order chi connectivity index (χ1) is 8.69. The van der Waals surface area contributed by atoms with Crippen molar-refractivity contribution in [1.82, 2.24) is 4.98 Å². The highest BCUT2D eigenvalue weighted by Gasteiger charge is 2.11. The highest BCUT2D eigenvalue weighted by molar-refractivity contribution is 7.13. The SMILES string of the molecule is CNc1cc(-c2csc(N)n2)cc(NC)c1NC. The van der Waals surface area contributed by atoms with Crippen molar-refractivity contribution in [1.29, 1.82) is 0 Å². The molecule has 0 bridgehead atoms. The highest BCUT2D eigenvalue weighted by Crippen LogP contribution is 2.36. The Kier molecular flexibility index (Phi) is 3.57. The van der Waals surface area contributed by atoms with Crippen molar-refractivity contribution < 1.29 is 0 Å². The zero-order valence-electron chi connectivity index (χ0n) is 10.7. The van der Waals surface area contributed by atoms with Crippen LogP contribution in [0.25, 0.3) is 11.3 Å². The summed E-state index contributed by atoms with van der Waals surface area (Å²) in [6.45, 7) is 0. The van der Waals surface area contributed by atoms with Crippen molar-refractivity contribution in [2.45, 2.75) is 0 Å². The molecule has 0 radical (unpaired) electrons. The summed E-state index contributed by atoms with van der Waals surface area (Å²) in [4.78, 5) is 4.31. The molecule has 0 saturated carbocycles. The molecule has 0 aliphatic rings. The van der Waals surface area contributed by atoms with Gasteiger partial charge in [-0.2, -0.15) is 0 Å². The van der Waals surface area contributed by atoms with Gasteiger partial charge in [-0.15, -0.1) is 11.3 Å². The summed E-state index contributed by atoms with van der Waals surface area (Å²) in [5.74, 6) is 0. The van der Waals surface area contributed by atoms with Crippen molar-refractivity contribution >= 4 is 33.5 Å². The van der Waals surface area contributed by atoms with Gasteiger partial charge in [0.25, 0.3) is 0 Å². The topological polar surface area (TPSA) is 75.0 Å². The van der Waals surface area contributed by atoms with Gasteiger partial charge < -0.3 is 21.7 Å². The third kappa shape index (κ3) is 2.19. The molecule has 1 heterocycles. The molecule has 5 nitrogen and oxygen atoms in total. The number of hydrogen-bond acceptors (Lipinski definition) is 6. The van der Waals surface area contributed by atoms with Crippen molar-refractivity contribution in [3.63, 3.8) is 0 Å². The number of aromatic nitrogens is 1. The van der Waals surface area contributed by atoms with E-state index in [4.69, 9.17) is 5.73 Å². The number of rotatable bonds is 4. The number of nitrogens with zero attached hydrogens (tertiary/aromatic N) is 1. The molecule has 0 spiro atoms. The first-order valence-corrected chi connectivity index (χ1v) is 6.50. The van der Waals surface area contributed by atoms with Crippen LogP contribution in [0.1, 0.15) is 0 Å². The Balaban J connectivity index is 2.56. The lowest BCUT2D eigenvalue weighted by atomic mass is 10.1. The van der Waals surface area contributed by atoms with Crippen LogP contribution in [-0.2, 0) is 0 Å². The molecule has 1 aromatic heterocycles. The lowest BCUT2D eigenvalue weighted by Crippen LogP contribution is -2.02. The predicted molar refractivity (Wildman–Crippen MR) is 80.6 cm³/mol. The number of benzene rings is 1. The molecule has 2 aromatic rings. The van der Waals surface area contributed by atoms with Crippen LogP contribution < -0.4 is 21.7 Å². The molecule has 0 aliphatic carbocycles. The molecular weight excluding hydrogens is 246 g/mol. The van der Waals surface area contributed by atoms with Crippen LogP contribution in [0, 0.1) is 0 Å². The molecule has 18 heavy (non-hydrogen) atoms. The maximum atomic E-state index is 5.68. The third-order valence-corrected chi connectivity index (χ3v) is 3.42. The molecule has 6 heteroatoms. The molecular formula is C12H17N5S. The zero-order valence-corrected chi connectivity index (χ0v) is 11.5. The summed E-state index contributed by atoms with van der Waals surface area (Å²) in [5.41, 5.74) is 10.7. The second-order valence-corrected chi connectivity index (χ2v) is 4.66. The van der Waals surface area contributed by atoms with Crippen LogP contribution >= 0.6 is 11.3 Å². The fourth-order valence-corrected chi connectivity index (χ4v) is 2.45. The van der Waals surface area contributed by atoms with Crippen molar-refractivity contribution in [3.8, 4) is 11.3 Å². The molecule has 96 valence electrons. The fourth-order valence-electron chi connectivity index (χ4n) is 1.87. The number of anilines is 4. The Morgan fingerprint density at radius 3 is 2.06 bits per heavy atom. The lowest BCUT2D eigenvalue weighted by Gasteiger charge is -2.15. The second-order valence-electron chi connectivity index (χ2n) is 3.77. The van der Waals surface area contributed by atoms with Gasteiger partial charge in [-0.3, -0.25) is 0 Å². The fraction of sp³-hybridized carbons (Fsp3) is 0.250. The van der Waals surface area contributed by atoms with Gasteiger partial charge in [0.05, 0.1) is 22.8 Å². The molecule has 1 aromatic carbocycles. The van der Waals surface area contributed by atoms with E-state index < -0.39 is 0 Å². The number of nitrogens with one attached hydrogen (secondary N) is 3. The van der Waals surface area contributed by atoms with E-state index in [2.05, 4.69) is 33.1 Å². The van der Waals surface area contributed by atoms with Gasteiger partial charge in [0.2, 0.25) is 0 Å². The highest BCUT2D eigenvalue weighted by atomic mass is 32.1. The number of thiazole rings is 1. The maximum absolute atomic E-state index is 5.68. The minimum Gasteiger partial charge on any atom is -0.386 e. The second kappa shape index (κ2) is 5.14. The van der Waals surface area contributed by atoms with Crippen LogP contribution in [0.5, 0.6) is 0 Å². The quantitative estimate of drug-likeness (QED) is 0.682. The van der Waals surface area contributed by atoms with E-state index in [-0.39, 0.29) is 0 Å². The summed E-state index contributed by atoms with van der Waals surface area (Å²) in [5, 5.41) is 12.1. The van der Waals surface area contributed by atoms with Crippen LogP contribution in [0.2, 0.25) is 0 Å². The molecule has 0 aliphatic heterocycles. The van der Waals surface area contributed by atoms with Crippen LogP contribution in [0.4, 0.5) is 22.2 Å². The standard InChI is InChI=1S/C12H17N5S/c1-14-8-4-7(10-6-18-12(13)17-10)5-9(15-2)11(8)16-3/h4-6,14-16H,1-3H3,(H2,13,17). The van der Waals surface area contributed by atoms with E-state index >= 15 is 0 Å². The molecule has 0 unspecified atom stereocenters. The van der Waals surface area contributed by atoms with Crippen LogP contribution in [0.15, 0.2) is 17.5 Å². The smallest absolute Gasteiger partial charge is 0.180 e. The summed E-state index contributed by atoms with van der Waals surface area (Å²) >= 11 is 1.45. The lowest BCUT2D eigenvalue weighted by molar-refractivity contribution is 1.38. The Morgan fingerprint density at radius 1 is 1.06 bits per heavy atom. The Bertz CT molecular complexity index is 524. The van der Waals surface area contributed by atoms with Crippen LogP contribution in [-0.4, -0.2) is 26.1 Å². The average molecular weight is 263 g/mol. The van der Waals surface area contributed by atoms with Gasteiger partial charge in [0.1, 0.15) is 0 Å². The van der Waals surface area contributed by atoms with Gasteiger partial charge in [0, 0.05) is 32.1 Å². The van der Waals surface area contributed by atoms with E-state index in [1.807, 2.05) is 26.5 Å². The summed E-state index contributed by atoms with van der Waals surface area (Å²) in [6.07, 6.45) is 0. The molecule has 0 amide bonds. The minimum absolute atomic E-state index is 0.583. The Morgan fingerprint density at radius 2 is 1.67 bits per heavy atom. The summed E-state index contributed by atoms with van der Waals surface area (Å²) in [7, 11) is 5.70. The van der Waals surface area contributed by atoms with E-state index in [0.717, 1.165) is 28.3 Å². The first kappa shape index (κ1) is 12.5. The number of nitrogens with two attached hydrogens (primary N) is 1. The maximum Gasteiger partial charge on any atom is 0.180 e. The van der Waals surface area contributed by atoms with Gasteiger partial charge in [-0.25, -0.2) is 4.98 Å². The summed E-state index contributed by atoms with van der Waals surface area (Å²) in [6, 6.07) is 4.11. The van der Waals surface area contributed by atoms with Gasteiger partial charge in [-0.1, -0.05) is 0 Å². The number of hydrogen-bond donors (Lipinski definition) is 4. The largest absolute Gasteiger partial charge is 0.386 e. The van der Waals surface area contributed by atoms with Crippen molar-refractivity contribution in [2.24, 2.45) is 0 Å². The summed E-state index contributed by atoms with van der Waals surface area (Å²) < 4.78 is 0. The van der Waals surface area contributed by atoms with E-state index in [1.54, 1.807) is 0 Å². The van der Waals surface area contributed by atoms with E-state index in [9.17, 15) is 0 Å². The normalized spacial score (nSPS) is 10.2. The molecule has 0 saturated heterocycles. The zero-order chi connectivity index (χ0) is 13.1. The molecule has 5 N–H and O–H groups in total. The van der Waals surface area contributed by atoms with E-state index in [0.29, 0.717) is 5.13 Å². The third-order valence-electron chi connectivity index (χ3n) is 2.74. The Hall–Kier alpha value is -1.95. The molecule has 0 atom stereocenters. The predicted octanol–water partition coefficient (Wildman–Crippen LogP) is 2.52. The monoisotopic (exact) mass is 263 g/mol. The van der Waals surface area contributed by atoms with Gasteiger partial charge in [0.15, 0.2) is 5.13 Å². The van der Waals surface area contributed by atoms with Crippen molar-refractivity contribution in [2.75, 3.05) is 42.8 Å². The number of nitrogen functional groups attached to an aromatic ring is 1.